The minimum absolute atomic E-state index is 0.119. The predicted molar refractivity (Wildman–Crippen MR) is 118 cm³/mol. The number of amides is 2. The Balaban J connectivity index is 1.21. The molecule has 10 heteroatoms. The largest absolute Gasteiger partial charge is 0.342 e. The Kier molecular flexibility index (Phi) is 7.06. The van der Waals surface area contributed by atoms with Crippen LogP contribution in [-0.4, -0.2) is 92.8 Å². The molecule has 0 aromatic carbocycles. The second-order valence-corrected chi connectivity index (χ2v) is 9.72. The van der Waals surface area contributed by atoms with Gasteiger partial charge in [0.1, 0.15) is 5.82 Å². The van der Waals surface area contributed by atoms with Crippen molar-refractivity contribution in [2.75, 3.05) is 51.6 Å². The van der Waals surface area contributed by atoms with Crippen molar-refractivity contribution in [3.8, 4) is 0 Å². The number of aromatic nitrogens is 3. The highest BCUT2D eigenvalue weighted by molar-refractivity contribution is 7.99. The van der Waals surface area contributed by atoms with Crippen LogP contribution in [-0.2, 0) is 23.1 Å². The topological polar surface area (TPSA) is 74.6 Å². The van der Waals surface area contributed by atoms with Crippen molar-refractivity contribution in [1.82, 2.24) is 29.5 Å². The summed E-state index contributed by atoms with van der Waals surface area (Å²) in [6.07, 6.45) is 2.99. The maximum Gasteiger partial charge on any atom is 0.236 e. The molecule has 2 aliphatic rings. The maximum atomic E-state index is 12.6. The monoisotopic (exact) mass is 448 g/mol. The third-order valence-electron chi connectivity index (χ3n) is 5.70. The molecule has 0 spiro atoms. The summed E-state index contributed by atoms with van der Waals surface area (Å²) in [5, 5.41) is 11.4. The third-order valence-corrected chi connectivity index (χ3v) is 7.59. The van der Waals surface area contributed by atoms with E-state index >= 15 is 0 Å². The molecule has 0 unspecified atom stereocenters. The highest BCUT2D eigenvalue weighted by Crippen LogP contribution is 2.20. The van der Waals surface area contributed by atoms with Gasteiger partial charge in [-0.25, -0.2) is 0 Å². The average molecular weight is 449 g/mol. The first-order valence-electron chi connectivity index (χ1n) is 10.4. The molecule has 2 amide bonds. The van der Waals surface area contributed by atoms with Gasteiger partial charge >= 0.3 is 0 Å². The molecule has 0 aliphatic carbocycles. The molecule has 2 fully saturated rings. The van der Waals surface area contributed by atoms with Crippen molar-refractivity contribution in [3.05, 3.63) is 28.2 Å². The molecule has 2 aromatic heterocycles. The molecule has 0 saturated carbocycles. The first kappa shape index (κ1) is 21.3. The molecular formula is C20H28N6O2S2. The smallest absolute Gasteiger partial charge is 0.236 e. The van der Waals surface area contributed by atoms with E-state index in [0.29, 0.717) is 25.4 Å². The number of rotatable bonds is 7. The molecule has 0 radical (unpaired) electrons. The summed E-state index contributed by atoms with van der Waals surface area (Å²) in [5.74, 6) is 1.61. The second-order valence-electron chi connectivity index (χ2n) is 7.75. The Hall–Kier alpha value is -1.91. The molecule has 8 nitrogen and oxygen atoms in total. The van der Waals surface area contributed by atoms with Gasteiger partial charge in [-0.1, -0.05) is 17.8 Å². The van der Waals surface area contributed by atoms with E-state index < -0.39 is 0 Å². The van der Waals surface area contributed by atoms with Crippen LogP contribution < -0.4 is 0 Å². The SMILES string of the molecule is Cn1c(Cc2cccs2)nnc1SCC(=O)N1CCN(CC(=O)N2CCCC2)CC1. The summed E-state index contributed by atoms with van der Waals surface area (Å²) in [5.41, 5.74) is 0. The fourth-order valence-electron chi connectivity index (χ4n) is 3.82. The first-order valence-corrected chi connectivity index (χ1v) is 12.3. The summed E-state index contributed by atoms with van der Waals surface area (Å²) >= 11 is 3.14. The lowest BCUT2D eigenvalue weighted by Crippen LogP contribution is -2.51. The van der Waals surface area contributed by atoms with Gasteiger partial charge in [0.05, 0.1) is 12.3 Å². The molecule has 30 heavy (non-hydrogen) atoms. The number of piperazine rings is 1. The van der Waals surface area contributed by atoms with Crippen molar-refractivity contribution in [3.63, 3.8) is 0 Å². The Bertz CT molecular complexity index is 855. The fourth-order valence-corrected chi connectivity index (χ4v) is 5.36. The lowest BCUT2D eigenvalue weighted by Gasteiger charge is -2.35. The molecule has 4 heterocycles. The van der Waals surface area contributed by atoms with E-state index in [2.05, 4.69) is 26.5 Å². The van der Waals surface area contributed by atoms with Crippen LogP contribution in [0.15, 0.2) is 22.7 Å². The number of nitrogens with zero attached hydrogens (tertiary/aromatic N) is 6. The summed E-state index contributed by atoms with van der Waals surface area (Å²) in [4.78, 5) is 32.2. The number of thioether (sulfide) groups is 1. The van der Waals surface area contributed by atoms with Gasteiger partial charge in [0.15, 0.2) is 5.16 Å². The van der Waals surface area contributed by atoms with Crippen LogP contribution in [0.3, 0.4) is 0 Å². The van der Waals surface area contributed by atoms with Gasteiger partial charge < -0.3 is 14.4 Å². The van der Waals surface area contributed by atoms with Crippen LogP contribution in [0, 0.1) is 0 Å². The Labute approximate surface area is 185 Å². The zero-order chi connectivity index (χ0) is 20.9. The van der Waals surface area contributed by atoms with Crippen LogP contribution in [0.2, 0.25) is 0 Å². The summed E-state index contributed by atoms with van der Waals surface area (Å²) < 4.78 is 1.97. The van der Waals surface area contributed by atoms with Crippen LogP contribution in [0.25, 0.3) is 0 Å². The van der Waals surface area contributed by atoms with E-state index in [9.17, 15) is 9.59 Å². The standard InChI is InChI=1S/C20H28N6O2S2/c1-23-17(13-16-5-4-12-29-16)21-22-20(23)30-15-19(28)26-10-8-24(9-11-26)14-18(27)25-6-2-3-7-25/h4-5,12H,2-3,6-11,13-15H2,1H3. The zero-order valence-corrected chi connectivity index (χ0v) is 19.0. The van der Waals surface area contributed by atoms with Crippen molar-refractivity contribution < 1.29 is 9.59 Å². The summed E-state index contributed by atoms with van der Waals surface area (Å²) in [6.45, 7) is 5.12. The minimum Gasteiger partial charge on any atom is -0.342 e. The summed E-state index contributed by atoms with van der Waals surface area (Å²) in [6, 6.07) is 4.13. The Morgan fingerprint density at radius 1 is 1.03 bits per heavy atom. The number of thiophene rings is 1. The fraction of sp³-hybridized carbons (Fsp3) is 0.600. The van der Waals surface area contributed by atoms with Gasteiger partial charge in [-0.2, -0.15) is 0 Å². The van der Waals surface area contributed by atoms with Gasteiger partial charge in [0, 0.05) is 57.6 Å². The molecule has 2 saturated heterocycles. The highest BCUT2D eigenvalue weighted by Gasteiger charge is 2.25. The maximum absolute atomic E-state index is 12.6. The van der Waals surface area contributed by atoms with Gasteiger partial charge in [0.25, 0.3) is 0 Å². The van der Waals surface area contributed by atoms with E-state index in [0.717, 1.165) is 56.4 Å². The first-order chi connectivity index (χ1) is 14.6. The van der Waals surface area contributed by atoms with E-state index in [1.807, 2.05) is 27.5 Å². The second kappa shape index (κ2) is 9.93. The number of hydrogen-bond acceptors (Lipinski definition) is 7. The number of likely N-dealkylation sites (tertiary alicyclic amines) is 1. The van der Waals surface area contributed by atoms with Crippen molar-refractivity contribution in [1.29, 1.82) is 0 Å². The van der Waals surface area contributed by atoms with Crippen molar-refractivity contribution in [2.24, 2.45) is 7.05 Å². The zero-order valence-electron chi connectivity index (χ0n) is 17.3. The van der Waals surface area contributed by atoms with Gasteiger partial charge in [-0.05, 0) is 24.3 Å². The Morgan fingerprint density at radius 3 is 2.47 bits per heavy atom. The van der Waals surface area contributed by atoms with Crippen LogP contribution in [0.1, 0.15) is 23.5 Å². The predicted octanol–water partition coefficient (Wildman–Crippen LogP) is 1.33. The third kappa shape index (κ3) is 5.22. The molecule has 2 aliphatic heterocycles. The van der Waals surface area contributed by atoms with Gasteiger partial charge in [0.2, 0.25) is 11.8 Å². The molecule has 0 atom stereocenters. The molecular weight excluding hydrogens is 420 g/mol. The molecule has 4 rings (SSSR count). The van der Waals surface area contributed by atoms with E-state index in [1.54, 1.807) is 11.3 Å². The lowest BCUT2D eigenvalue weighted by atomic mass is 10.3. The van der Waals surface area contributed by atoms with Crippen LogP contribution >= 0.6 is 23.1 Å². The molecule has 2 aromatic rings. The number of carbonyl (C=O) groups is 2. The van der Waals surface area contributed by atoms with E-state index in [-0.39, 0.29) is 11.8 Å². The minimum atomic E-state index is 0.119. The quantitative estimate of drug-likeness (QED) is 0.595. The van der Waals surface area contributed by atoms with E-state index in [4.69, 9.17) is 0 Å². The summed E-state index contributed by atoms with van der Waals surface area (Å²) in [7, 11) is 1.95. The lowest BCUT2D eigenvalue weighted by molar-refractivity contribution is -0.133. The average Bonchev–Trinajstić information content (AvgIpc) is 3.51. The van der Waals surface area contributed by atoms with Crippen LogP contribution in [0.5, 0.6) is 0 Å². The van der Waals surface area contributed by atoms with Crippen molar-refractivity contribution in [2.45, 2.75) is 24.4 Å². The Morgan fingerprint density at radius 2 is 1.77 bits per heavy atom. The van der Waals surface area contributed by atoms with Gasteiger partial charge in [-0.3, -0.25) is 14.5 Å². The highest BCUT2D eigenvalue weighted by atomic mass is 32.2. The normalized spacial score (nSPS) is 17.6. The molecule has 0 bridgehead atoms. The van der Waals surface area contributed by atoms with Crippen LogP contribution in [0.4, 0.5) is 0 Å². The number of carbonyl (C=O) groups excluding carboxylic acids is 2. The van der Waals surface area contributed by atoms with Gasteiger partial charge in [-0.15, -0.1) is 21.5 Å². The molecule has 162 valence electrons. The molecule has 0 N–H and O–H groups in total. The van der Waals surface area contributed by atoms with E-state index in [1.165, 1.54) is 16.6 Å². The van der Waals surface area contributed by atoms with Crippen molar-refractivity contribution >= 4 is 34.9 Å². The number of hydrogen-bond donors (Lipinski definition) is 0.